The molecule has 1 saturated heterocycles. The van der Waals surface area contributed by atoms with Crippen LogP contribution in [0.3, 0.4) is 0 Å². The van der Waals surface area contributed by atoms with E-state index in [2.05, 4.69) is 0 Å². The van der Waals surface area contributed by atoms with Crippen molar-refractivity contribution in [1.82, 2.24) is 4.90 Å². The fourth-order valence-corrected chi connectivity index (χ4v) is 3.63. The van der Waals surface area contributed by atoms with Gasteiger partial charge in [-0.15, -0.1) is 0 Å². The molecular weight excluding hydrogens is 298 g/mol. The van der Waals surface area contributed by atoms with Gasteiger partial charge in [0.2, 0.25) is 11.8 Å². The maximum Gasteiger partial charge on any atom is 0.233 e. The Balaban J connectivity index is 1.85. The molecule has 23 heavy (non-hydrogen) atoms. The lowest BCUT2D eigenvalue weighted by Crippen LogP contribution is -2.52. The van der Waals surface area contributed by atoms with Crippen molar-refractivity contribution in [2.24, 2.45) is 11.8 Å². The van der Waals surface area contributed by atoms with Crippen molar-refractivity contribution in [2.75, 3.05) is 0 Å². The SMILES string of the molecule is O=C([O-])[C@H](Cc1ccc(O)cc1)N1C(=O)[C@H]2CCCC[C@@H]2C1=O. The van der Waals surface area contributed by atoms with Gasteiger partial charge in [0, 0.05) is 0 Å². The molecule has 1 aromatic rings. The Kier molecular flexibility index (Phi) is 4.07. The lowest BCUT2D eigenvalue weighted by Gasteiger charge is -2.27. The molecule has 1 saturated carbocycles. The van der Waals surface area contributed by atoms with E-state index in [9.17, 15) is 24.6 Å². The molecule has 1 aliphatic carbocycles. The second kappa shape index (κ2) is 6.02. The van der Waals surface area contributed by atoms with E-state index in [-0.39, 0.29) is 35.8 Å². The van der Waals surface area contributed by atoms with Crippen LogP contribution < -0.4 is 5.11 Å². The quantitative estimate of drug-likeness (QED) is 0.802. The number of imide groups is 1. The van der Waals surface area contributed by atoms with Crippen molar-refractivity contribution < 1.29 is 24.6 Å². The highest BCUT2D eigenvalue weighted by molar-refractivity contribution is 6.07. The Bertz CT molecular complexity index is 615. The number of likely N-dealkylation sites (tertiary alicyclic amines) is 1. The van der Waals surface area contributed by atoms with Crippen molar-refractivity contribution in [3.05, 3.63) is 29.8 Å². The number of amides is 2. The topological polar surface area (TPSA) is 97.7 Å². The van der Waals surface area contributed by atoms with Crippen molar-refractivity contribution >= 4 is 17.8 Å². The standard InChI is InChI=1S/C17H19NO5/c19-11-7-5-10(6-8-11)9-14(17(22)23)18-15(20)12-3-1-2-4-13(12)16(18)21/h5-8,12-14,19H,1-4,9H2,(H,22,23)/p-1/t12-,13-,14-/m0/s1. The highest BCUT2D eigenvalue weighted by atomic mass is 16.4. The number of carbonyl (C=O) groups excluding carboxylic acids is 3. The van der Waals surface area contributed by atoms with Gasteiger partial charge in [0.05, 0.1) is 23.8 Å². The monoisotopic (exact) mass is 316 g/mol. The summed E-state index contributed by atoms with van der Waals surface area (Å²) in [6.45, 7) is 0. The highest BCUT2D eigenvalue weighted by Gasteiger charge is 2.50. The number of fused-ring (bicyclic) bond motifs is 1. The average Bonchev–Trinajstić information content (AvgIpc) is 2.79. The Morgan fingerprint density at radius 1 is 1.13 bits per heavy atom. The first-order valence-electron chi connectivity index (χ1n) is 7.84. The first-order chi connectivity index (χ1) is 11.0. The minimum absolute atomic E-state index is 0.0144. The number of benzene rings is 1. The van der Waals surface area contributed by atoms with Gasteiger partial charge in [-0.2, -0.15) is 0 Å². The van der Waals surface area contributed by atoms with Gasteiger partial charge in [0.1, 0.15) is 5.75 Å². The number of aromatic hydroxyl groups is 1. The minimum atomic E-state index is -1.43. The van der Waals surface area contributed by atoms with E-state index in [4.69, 9.17) is 0 Å². The molecule has 3 atom stereocenters. The zero-order chi connectivity index (χ0) is 16.6. The van der Waals surface area contributed by atoms with E-state index in [0.29, 0.717) is 18.4 Å². The third kappa shape index (κ3) is 2.81. The summed E-state index contributed by atoms with van der Waals surface area (Å²) in [5.74, 6) is -2.88. The molecule has 2 aliphatic rings. The van der Waals surface area contributed by atoms with Crippen LogP contribution >= 0.6 is 0 Å². The lowest BCUT2D eigenvalue weighted by atomic mass is 9.81. The van der Waals surface area contributed by atoms with Crippen LogP contribution in [-0.4, -0.2) is 33.8 Å². The van der Waals surface area contributed by atoms with Crippen LogP contribution in [0.5, 0.6) is 5.75 Å². The van der Waals surface area contributed by atoms with Crippen LogP contribution in [-0.2, 0) is 20.8 Å². The molecule has 2 fully saturated rings. The molecular formula is C17H18NO5-. The van der Waals surface area contributed by atoms with Gasteiger partial charge in [-0.25, -0.2) is 0 Å². The average molecular weight is 316 g/mol. The van der Waals surface area contributed by atoms with E-state index >= 15 is 0 Å². The smallest absolute Gasteiger partial charge is 0.233 e. The third-order valence-corrected chi connectivity index (χ3v) is 4.82. The van der Waals surface area contributed by atoms with Gasteiger partial charge < -0.3 is 15.0 Å². The van der Waals surface area contributed by atoms with Gasteiger partial charge >= 0.3 is 0 Å². The maximum atomic E-state index is 12.5. The number of carboxylic acids is 1. The predicted molar refractivity (Wildman–Crippen MR) is 77.9 cm³/mol. The molecule has 0 aromatic heterocycles. The molecule has 0 unspecified atom stereocenters. The Labute approximate surface area is 133 Å². The van der Waals surface area contributed by atoms with Crippen molar-refractivity contribution in [1.29, 1.82) is 0 Å². The van der Waals surface area contributed by atoms with E-state index in [1.165, 1.54) is 12.1 Å². The Morgan fingerprint density at radius 2 is 1.65 bits per heavy atom. The van der Waals surface area contributed by atoms with Crippen molar-refractivity contribution in [3.63, 3.8) is 0 Å². The molecule has 3 rings (SSSR count). The number of hydrogen-bond acceptors (Lipinski definition) is 5. The third-order valence-electron chi connectivity index (χ3n) is 4.82. The molecule has 0 spiro atoms. The number of carboxylic acid groups (broad SMARTS) is 1. The van der Waals surface area contributed by atoms with Crippen LogP contribution in [0.1, 0.15) is 31.2 Å². The normalized spacial score (nSPS) is 25.3. The Hall–Kier alpha value is -2.37. The highest BCUT2D eigenvalue weighted by Crippen LogP contribution is 2.39. The number of rotatable bonds is 4. The first kappa shape index (κ1) is 15.5. The molecule has 6 heteroatoms. The maximum absolute atomic E-state index is 12.5. The summed E-state index contributed by atoms with van der Waals surface area (Å²) in [6, 6.07) is 4.72. The van der Waals surface area contributed by atoms with E-state index in [0.717, 1.165) is 17.7 Å². The van der Waals surface area contributed by atoms with E-state index in [1.807, 2.05) is 0 Å². The zero-order valence-corrected chi connectivity index (χ0v) is 12.6. The summed E-state index contributed by atoms with van der Waals surface area (Å²) in [6.07, 6.45) is 3.05. The second-order valence-corrected chi connectivity index (χ2v) is 6.25. The lowest BCUT2D eigenvalue weighted by molar-refractivity contribution is -0.310. The van der Waals surface area contributed by atoms with Gasteiger partial charge in [0.25, 0.3) is 0 Å². The van der Waals surface area contributed by atoms with Crippen molar-refractivity contribution in [2.45, 2.75) is 38.1 Å². The van der Waals surface area contributed by atoms with Crippen LogP contribution in [0, 0.1) is 11.8 Å². The fraction of sp³-hybridized carbons (Fsp3) is 0.471. The summed E-state index contributed by atoms with van der Waals surface area (Å²) in [5, 5.41) is 20.8. The van der Waals surface area contributed by atoms with Crippen LogP contribution in [0.15, 0.2) is 24.3 Å². The molecule has 1 aromatic carbocycles. The second-order valence-electron chi connectivity index (χ2n) is 6.25. The molecule has 1 heterocycles. The summed E-state index contributed by atoms with van der Waals surface area (Å²) in [5.41, 5.74) is 0.618. The molecule has 1 N–H and O–H groups in total. The van der Waals surface area contributed by atoms with Gasteiger partial charge in [-0.05, 0) is 37.0 Å². The number of phenols is 1. The van der Waals surface area contributed by atoms with Crippen LogP contribution in [0.2, 0.25) is 0 Å². The summed E-state index contributed by atoms with van der Waals surface area (Å²) >= 11 is 0. The molecule has 2 amide bonds. The summed E-state index contributed by atoms with van der Waals surface area (Å²) < 4.78 is 0. The molecule has 0 bridgehead atoms. The number of aliphatic carboxylic acids is 1. The Morgan fingerprint density at radius 3 is 2.13 bits per heavy atom. The predicted octanol–water partition coefficient (Wildman–Crippen LogP) is 0.228. The summed E-state index contributed by atoms with van der Waals surface area (Å²) in [4.78, 5) is 37.5. The zero-order valence-electron chi connectivity index (χ0n) is 12.6. The molecule has 122 valence electrons. The van der Waals surface area contributed by atoms with E-state index < -0.39 is 12.0 Å². The molecule has 6 nitrogen and oxygen atoms in total. The number of hydrogen-bond donors (Lipinski definition) is 1. The molecule has 1 aliphatic heterocycles. The first-order valence-corrected chi connectivity index (χ1v) is 7.84. The number of carbonyl (C=O) groups is 3. The van der Waals surface area contributed by atoms with Gasteiger partial charge in [-0.1, -0.05) is 25.0 Å². The molecule has 0 radical (unpaired) electrons. The van der Waals surface area contributed by atoms with Crippen LogP contribution in [0.4, 0.5) is 0 Å². The van der Waals surface area contributed by atoms with Gasteiger partial charge in [-0.3, -0.25) is 14.5 Å². The number of phenolic OH excluding ortho intramolecular Hbond substituents is 1. The van der Waals surface area contributed by atoms with Crippen LogP contribution in [0.25, 0.3) is 0 Å². The fourth-order valence-electron chi connectivity index (χ4n) is 3.63. The van der Waals surface area contributed by atoms with E-state index in [1.54, 1.807) is 12.1 Å². The van der Waals surface area contributed by atoms with Crippen molar-refractivity contribution in [3.8, 4) is 5.75 Å². The minimum Gasteiger partial charge on any atom is -0.548 e. The largest absolute Gasteiger partial charge is 0.548 e. The summed E-state index contributed by atoms with van der Waals surface area (Å²) in [7, 11) is 0. The number of nitrogens with zero attached hydrogens (tertiary/aromatic N) is 1. The van der Waals surface area contributed by atoms with Gasteiger partial charge in [0.15, 0.2) is 0 Å².